The van der Waals surface area contributed by atoms with E-state index in [4.69, 9.17) is 11.6 Å². The van der Waals surface area contributed by atoms with Crippen molar-refractivity contribution < 1.29 is 14.7 Å². The van der Waals surface area contributed by atoms with E-state index in [9.17, 15) is 14.7 Å². The molecule has 0 aliphatic heterocycles. The van der Waals surface area contributed by atoms with Crippen LogP contribution >= 0.6 is 22.9 Å². The molecule has 0 unspecified atom stereocenters. The number of thiazole rings is 1. The van der Waals surface area contributed by atoms with Crippen LogP contribution in [-0.2, 0) is 0 Å². The number of phenolic OH excluding ortho intramolecular Hbond substituents is 1. The second-order valence-electron chi connectivity index (χ2n) is 5.96. The Morgan fingerprint density at radius 2 is 1.75 bits per heavy atom. The number of amides is 2. The van der Waals surface area contributed by atoms with Crippen LogP contribution in [0.25, 0.3) is 10.6 Å². The first-order valence-corrected chi connectivity index (χ1v) is 9.85. The maximum absolute atomic E-state index is 12.2. The normalized spacial score (nSPS) is 10.5. The number of nitrogens with zero attached hydrogens (tertiary/aromatic N) is 1. The molecule has 0 spiro atoms. The van der Waals surface area contributed by atoms with E-state index in [0.717, 1.165) is 10.6 Å². The minimum atomic E-state index is -0.269. The van der Waals surface area contributed by atoms with Gasteiger partial charge in [-0.05, 0) is 36.8 Å². The average molecular weight is 416 g/mol. The molecule has 3 N–H and O–H groups in total. The molecule has 3 rings (SSSR count). The molecule has 3 aromatic rings. The molecular weight excluding hydrogens is 398 g/mol. The van der Waals surface area contributed by atoms with Crippen LogP contribution < -0.4 is 10.6 Å². The zero-order valence-corrected chi connectivity index (χ0v) is 16.4. The van der Waals surface area contributed by atoms with Crippen LogP contribution in [0.5, 0.6) is 5.75 Å². The molecule has 0 aliphatic carbocycles. The first kappa shape index (κ1) is 19.9. The van der Waals surface area contributed by atoms with Crippen molar-refractivity contribution in [3.8, 4) is 16.3 Å². The number of hydrogen-bond acceptors (Lipinski definition) is 5. The summed E-state index contributed by atoms with van der Waals surface area (Å²) in [5.41, 5.74) is 1.66. The largest absolute Gasteiger partial charge is 0.508 e. The fourth-order valence-corrected chi connectivity index (χ4v) is 3.37. The van der Waals surface area contributed by atoms with Crippen LogP contribution in [0.2, 0.25) is 5.02 Å². The summed E-state index contributed by atoms with van der Waals surface area (Å²) in [5.74, 6) is -0.480. The zero-order chi connectivity index (χ0) is 19.9. The second kappa shape index (κ2) is 9.34. The average Bonchev–Trinajstić information content (AvgIpc) is 3.18. The van der Waals surface area contributed by atoms with Crippen LogP contribution in [0, 0.1) is 0 Å². The van der Waals surface area contributed by atoms with Crippen LogP contribution in [0.3, 0.4) is 0 Å². The van der Waals surface area contributed by atoms with Crippen molar-refractivity contribution in [1.82, 2.24) is 15.6 Å². The van der Waals surface area contributed by atoms with Gasteiger partial charge in [-0.2, -0.15) is 0 Å². The Hall–Kier alpha value is -2.90. The standard InChI is InChI=1S/C20H18ClN3O3S/c21-15-7-5-13(6-8-15)20-24-17(12-28-20)19(27)23-10-2-9-22-18(26)14-3-1-4-16(25)11-14/h1,3-8,11-12,25H,2,9-10H2,(H,22,26)(H,23,27). The molecule has 1 heterocycles. The number of halogens is 1. The molecule has 1 aromatic heterocycles. The summed E-state index contributed by atoms with van der Waals surface area (Å²) in [4.78, 5) is 28.5. The lowest BCUT2D eigenvalue weighted by atomic mass is 10.2. The van der Waals surface area contributed by atoms with Gasteiger partial charge in [0.1, 0.15) is 16.5 Å². The fraction of sp³-hybridized carbons (Fsp3) is 0.150. The van der Waals surface area contributed by atoms with Crippen LogP contribution in [0.4, 0.5) is 0 Å². The molecule has 2 amide bonds. The third-order valence-corrected chi connectivity index (χ3v) is 5.00. The van der Waals surface area contributed by atoms with Crippen molar-refractivity contribution in [2.45, 2.75) is 6.42 Å². The van der Waals surface area contributed by atoms with Crippen molar-refractivity contribution in [3.05, 3.63) is 70.2 Å². The lowest BCUT2D eigenvalue weighted by Gasteiger charge is -2.06. The summed E-state index contributed by atoms with van der Waals surface area (Å²) in [5, 5.41) is 18.0. The number of rotatable bonds is 7. The molecule has 144 valence electrons. The highest BCUT2D eigenvalue weighted by molar-refractivity contribution is 7.13. The monoisotopic (exact) mass is 415 g/mol. The molecule has 0 saturated carbocycles. The smallest absolute Gasteiger partial charge is 0.270 e. The Balaban J connectivity index is 1.42. The van der Waals surface area contributed by atoms with Gasteiger partial charge in [-0.3, -0.25) is 9.59 Å². The first-order chi connectivity index (χ1) is 13.5. The lowest BCUT2D eigenvalue weighted by Crippen LogP contribution is -2.30. The quantitative estimate of drug-likeness (QED) is 0.513. The highest BCUT2D eigenvalue weighted by atomic mass is 35.5. The minimum Gasteiger partial charge on any atom is -0.508 e. The summed E-state index contributed by atoms with van der Waals surface area (Å²) < 4.78 is 0. The fourth-order valence-electron chi connectivity index (χ4n) is 2.44. The number of benzene rings is 2. The van der Waals surface area contributed by atoms with Gasteiger partial charge in [0.15, 0.2) is 0 Å². The second-order valence-corrected chi connectivity index (χ2v) is 7.26. The molecular formula is C20H18ClN3O3S. The van der Waals surface area contributed by atoms with Crippen molar-refractivity contribution >= 4 is 34.8 Å². The van der Waals surface area contributed by atoms with Crippen LogP contribution in [-0.4, -0.2) is 35.0 Å². The van der Waals surface area contributed by atoms with Gasteiger partial charge in [-0.1, -0.05) is 29.8 Å². The van der Waals surface area contributed by atoms with Crippen molar-refractivity contribution in [2.75, 3.05) is 13.1 Å². The number of aromatic hydroxyl groups is 1. The Kier molecular flexibility index (Phi) is 6.62. The molecule has 0 fully saturated rings. The van der Waals surface area contributed by atoms with Gasteiger partial charge in [0.05, 0.1) is 0 Å². The SMILES string of the molecule is O=C(NCCCNC(=O)c1csc(-c2ccc(Cl)cc2)n1)c1cccc(O)c1. The van der Waals surface area contributed by atoms with Crippen LogP contribution in [0.15, 0.2) is 53.9 Å². The summed E-state index contributed by atoms with van der Waals surface area (Å²) in [6.45, 7) is 0.814. The Labute approximate surface area is 171 Å². The van der Waals surface area contributed by atoms with Gasteiger partial charge in [0, 0.05) is 34.6 Å². The number of carbonyl (C=O) groups is 2. The topological polar surface area (TPSA) is 91.3 Å². The number of aromatic nitrogens is 1. The molecule has 0 bridgehead atoms. The van der Waals surface area contributed by atoms with Crippen molar-refractivity contribution in [1.29, 1.82) is 0 Å². The lowest BCUT2D eigenvalue weighted by molar-refractivity contribution is 0.0948. The molecule has 2 aromatic carbocycles. The van der Waals surface area contributed by atoms with E-state index in [1.165, 1.54) is 23.5 Å². The number of carbonyl (C=O) groups excluding carboxylic acids is 2. The highest BCUT2D eigenvalue weighted by Crippen LogP contribution is 2.25. The van der Waals surface area contributed by atoms with E-state index >= 15 is 0 Å². The predicted molar refractivity (Wildman–Crippen MR) is 110 cm³/mol. The van der Waals surface area contributed by atoms with E-state index in [-0.39, 0.29) is 17.6 Å². The van der Waals surface area contributed by atoms with Gasteiger partial charge >= 0.3 is 0 Å². The Bertz CT molecular complexity index is 973. The maximum atomic E-state index is 12.2. The van der Waals surface area contributed by atoms with Gasteiger partial charge < -0.3 is 15.7 Å². The van der Waals surface area contributed by atoms with Crippen LogP contribution in [0.1, 0.15) is 27.3 Å². The van der Waals surface area contributed by atoms with Gasteiger partial charge in [0.2, 0.25) is 0 Å². The molecule has 28 heavy (non-hydrogen) atoms. The van der Waals surface area contributed by atoms with Gasteiger partial charge in [-0.25, -0.2) is 4.98 Å². The molecule has 0 aliphatic rings. The molecule has 0 saturated heterocycles. The van der Waals surface area contributed by atoms with Crippen molar-refractivity contribution in [2.24, 2.45) is 0 Å². The zero-order valence-electron chi connectivity index (χ0n) is 14.8. The number of nitrogens with one attached hydrogen (secondary N) is 2. The Morgan fingerprint density at radius 1 is 1.04 bits per heavy atom. The first-order valence-electron chi connectivity index (χ1n) is 8.60. The molecule has 6 nitrogen and oxygen atoms in total. The van der Waals surface area contributed by atoms with E-state index in [0.29, 0.717) is 35.8 Å². The van der Waals surface area contributed by atoms with E-state index in [1.54, 1.807) is 29.6 Å². The van der Waals surface area contributed by atoms with Gasteiger partial charge in [0.25, 0.3) is 11.8 Å². The van der Waals surface area contributed by atoms with E-state index in [1.807, 2.05) is 12.1 Å². The summed E-state index contributed by atoms with van der Waals surface area (Å²) in [7, 11) is 0. The Morgan fingerprint density at radius 3 is 2.46 bits per heavy atom. The number of hydrogen-bond donors (Lipinski definition) is 3. The molecule has 0 radical (unpaired) electrons. The van der Waals surface area contributed by atoms with Crippen molar-refractivity contribution in [3.63, 3.8) is 0 Å². The molecule has 8 heteroatoms. The maximum Gasteiger partial charge on any atom is 0.270 e. The molecule has 0 atom stereocenters. The summed E-state index contributed by atoms with van der Waals surface area (Å²) in [6, 6.07) is 13.4. The predicted octanol–water partition coefficient (Wildman–Crippen LogP) is 3.72. The summed E-state index contributed by atoms with van der Waals surface area (Å²) >= 11 is 7.27. The summed E-state index contributed by atoms with van der Waals surface area (Å²) in [6.07, 6.45) is 0.574. The number of phenols is 1. The third kappa shape index (κ3) is 5.31. The van der Waals surface area contributed by atoms with Gasteiger partial charge in [-0.15, -0.1) is 11.3 Å². The van der Waals surface area contributed by atoms with E-state index in [2.05, 4.69) is 15.6 Å². The third-order valence-electron chi connectivity index (χ3n) is 3.86. The minimum absolute atomic E-state index is 0.0427. The highest BCUT2D eigenvalue weighted by Gasteiger charge is 2.11. The van der Waals surface area contributed by atoms with E-state index < -0.39 is 0 Å².